The van der Waals surface area contributed by atoms with E-state index in [4.69, 9.17) is 9.63 Å². The molecule has 0 spiro atoms. The summed E-state index contributed by atoms with van der Waals surface area (Å²) < 4.78 is 5.14. The Kier molecular flexibility index (Phi) is 3.98. The van der Waals surface area contributed by atoms with Crippen molar-refractivity contribution >= 4 is 5.91 Å². The lowest BCUT2D eigenvalue weighted by Gasteiger charge is -2.34. The fourth-order valence-corrected chi connectivity index (χ4v) is 2.21. The van der Waals surface area contributed by atoms with Gasteiger partial charge in [-0.15, -0.1) is 0 Å². The van der Waals surface area contributed by atoms with Crippen molar-refractivity contribution in [2.24, 2.45) is 0 Å². The first-order valence-electron chi connectivity index (χ1n) is 6.14. The minimum absolute atomic E-state index is 0.188. The molecule has 1 aromatic rings. The molecule has 0 atom stereocenters. The Hall–Kier alpha value is -1.40. The molecule has 1 aliphatic heterocycles. The Balaban J connectivity index is 1.89. The predicted octanol–water partition coefficient (Wildman–Crippen LogP) is -0.0721. The van der Waals surface area contributed by atoms with Crippen molar-refractivity contribution in [3.63, 3.8) is 0 Å². The van der Waals surface area contributed by atoms with E-state index in [0.717, 1.165) is 36.7 Å². The molecule has 1 saturated heterocycles. The number of aliphatic hydroxyl groups excluding tert-OH is 1. The third-order valence-electron chi connectivity index (χ3n) is 3.42. The van der Waals surface area contributed by atoms with Gasteiger partial charge in [-0.25, -0.2) is 0 Å². The van der Waals surface area contributed by atoms with Gasteiger partial charge in [0, 0.05) is 38.3 Å². The van der Waals surface area contributed by atoms with Crippen molar-refractivity contribution in [1.29, 1.82) is 0 Å². The van der Waals surface area contributed by atoms with Crippen molar-refractivity contribution in [1.82, 2.24) is 15.0 Å². The lowest BCUT2D eigenvalue weighted by Crippen LogP contribution is -2.49. The van der Waals surface area contributed by atoms with E-state index in [1.165, 1.54) is 0 Å². The normalized spacial score (nSPS) is 17.2. The van der Waals surface area contributed by atoms with Gasteiger partial charge in [0.05, 0.1) is 5.69 Å². The summed E-state index contributed by atoms with van der Waals surface area (Å²) in [5, 5.41) is 12.7. The first-order chi connectivity index (χ1) is 8.61. The van der Waals surface area contributed by atoms with Gasteiger partial charge in [0.1, 0.15) is 12.4 Å². The molecule has 2 heterocycles. The highest BCUT2D eigenvalue weighted by atomic mass is 16.5. The smallest absolute Gasteiger partial charge is 0.248 e. The van der Waals surface area contributed by atoms with Crippen LogP contribution in [0.25, 0.3) is 0 Å². The molecule has 1 N–H and O–H groups in total. The number of aryl methyl sites for hydroxylation is 2. The van der Waals surface area contributed by atoms with Crippen LogP contribution < -0.4 is 0 Å². The quantitative estimate of drug-likeness (QED) is 0.816. The molecule has 0 aliphatic carbocycles. The highest BCUT2D eigenvalue weighted by Gasteiger charge is 2.22. The largest absolute Gasteiger partial charge is 0.387 e. The van der Waals surface area contributed by atoms with Gasteiger partial charge in [-0.2, -0.15) is 0 Å². The van der Waals surface area contributed by atoms with Crippen LogP contribution in [0.5, 0.6) is 0 Å². The number of piperazine rings is 1. The van der Waals surface area contributed by atoms with Crippen molar-refractivity contribution in [3.05, 3.63) is 17.0 Å². The van der Waals surface area contributed by atoms with Gasteiger partial charge < -0.3 is 14.5 Å². The molecular formula is C12H19N3O3. The van der Waals surface area contributed by atoms with E-state index in [1.807, 2.05) is 13.8 Å². The number of nitrogens with zero attached hydrogens (tertiary/aromatic N) is 3. The van der Waals surface area contributed by atoms with E-state index in [0.29, 0.717) is 13.1 Å². The maximum atomic E-state index is 11.3. The fourth-order valence-electron chi connectivity index (χ4n) is 2.21. The van der Waals surface area contributed by atoms with E-state index in [-0.39, 0.29) is 5.91 Å². The van der Waals surface area contributed by atoms with Crippen LogP contribution in [0, 0.1) is 13.8 Å². The first-order valence-corrected chi connectivity index (χ1v) is 6.14. The maximum Gasteiger partial charge on any atom is 0.248 e. The first kappa shape index (κ1) is 13.0. The number of rotatable bonds is 3. The third-order valence-corrected chi connectivity index (χ3v) is 3.42. The number of aromatic nitrogens is 1. The summed E-state index contributed by atoms with van der Waals surface area (Å²) in [7, 11) is 0. The van der Waals surface area contributed by atoms with Crippen molar-refractivity contribution in [3.8, 4) is 0 Å². The third kappa shape index (κ3) is 2.70. The minimum atomic E-state index is -0.399. The molecular weight excluding hydrogens is 234 g/mol. The van der Waals surface area contributed by atoms with Gasteiger partial charge in [0.2, 0.25) is 5.91 Å². The lowest BCUT2D eigenvalue weighted by molar-refractivity contribution is -0.136. The van der Waals surface area contributed by atoms with Crippen molar-refractivity contribution < 1.29 is 14.4 Å². The molecule has 100 valence electrons. The predicted molar refractivity (Wildman–Crippen MR) is 64.9 cm³/mol. The molecule has 0 bridgehead atoms. The zero-order chi connectivity index (χ0) is 13.1. The summed E-state index contributed by atoms with van der Waals surface area (Å²) in [5.41, 5.74) is 2.07. The van der Waals surface area contributed by atoms with Gasteiger partial charge >= 0.3 is 0 Å². The van der Waals surface area contributed by atoms with E-state index in [2.05, 4.69) is 10.1 Å². The topological polar surface area (TPSA) is 69.8 Å². The van der Waals surface area contributed by atoms with Gasteiger partial charge in [-0.3, -0.25) is 9.69 Å². The molecule has 1 amide bonds. The van der Waals surface area contributed by atoms with Gasteiger partial charge in [-0.1, -0.05) is 5.16 Å². The van der Waals surface area contributed by atoms with Crippen LogP contribution >= 0.6 is 0 Å². The SMILES string of the molecule is Cc1noc(C)c1CN1CCN(C(=O)CO)CC1. The van der Waals surface area contributed by atoms with E-state index < -0.39 is 6.61 Å². The number of carbonyl (C=O) groups excluding carboxylic acids is 1. The molecule has 0 saturated carbocycles. The maximum absolute atomic E-state index is 11.3. The van der Waals surface area contributed by atoms with Gasteiger partial charge in [-0.05, 0) is 13.8 Å². The van der Waals surface area contributed by atoms with Crippen LogP contribution in [-0.4, -0.2) is 58.8 Å². The molecule has 1 fully saturated rings. The molecule has 0 unspecified atom stereocenters. The number of carbonyl (C=O) groups is 1. The second-order valence-electron chi connectivity index (χ2n) is 4.62. The Morgan fingerprint density at radius 1 is 1.33 bits per heavy atom. The zero-order valence-electron chi connectivity index (χ0n) is 10.8. The number of amides is 1. The summed E-state index contributed by atoms with van der Waals surface area (Å²) in [6.07, 6.45) is 0. The number of aliphatic hydroxyl groups is 1. The van der Waals surface area contributed by atoms with Crippen LogP contribution in [0.1, 0.15) is 17.0 Å². The van der Waals surface area contributed by atoms with E-state index in [9.17, 15) is 4.79 Å². The Morgan fingerprint density at radius 2 is 2.00 bits per heavy atom. The van der Waals surface area contributed by atoms with Crippen LogP contribution in [0.15, 0.2) is 4.52 Å². The van der Waals surface area contributed by atoms with E-state index in [1.54, 1.807) is 4.90 Å². The highest BCUT2D eigenvalue weighted by Crippen LogP contribution is 2.16. The van der Waals surface area contributed by atoms with Gasteiger partial charge in [0.15, 0.2) is 0 Å². The molecule has 0 radical (unpaired) electrons. The van der Waals surface area contributed by atoms with Crippen molar-refractivity contribution in [2.45, 2.75) is 20.4 Å². The van der Waals surface area contributed by atoms with Crippen molar-refractivity contribution in [2.75, 3.05) is 32.8 Å². The fraction of sp³-hybridized carbons (Fsp3) is 0.667. The summed E-state index contributed by atoms with van der Waals surface area (Å²) in [6.45, 7) is 7.24. The molecule has 1 aromatic heterocycles. The summed E-state index contributed by atoms with van der Waals surface area (Å²) in [6, 6.07) is 0. The number of hydrogen-bond acceptors (Lipinski definition) is 5. The lowest BCUT2D eigenvalue weighted by atomic mass is 10.2. The monoisotopic (exact) mass is 253 g/mol. The van der Waals surface area contributed by atoms with E-state index >= 15 is 0 Å². The summed E-state index contributed by atoms with van der Waals surface area (Å²) in [4.78, 5) is 15.3. The molecule has 18 heavy (non-hydrogen) atoms. The Bertz CT molecular complexity index is 403. The average Bonchev–Trinajstić information content (AvgIpc) is 2.70. The molecule has 0 aromatic carbocycles. The minimum Gasteiger partial charge on any atom is -0.387 e. The van der Waals surface area contributed by atoms with Crippen LogP contribution in [-0.2, 0) is 11.3 Å². The van der Waals surface area contributed by atoms with Crippen LogP contribution in [0.4, 0.5) is 0 Å². The second kappa shape index (κ2) is 5.49. The molecule has 1 aliphatic rings. The summed E-state index contributed by atoms with van der Waals surface area (Å²) >= 11 is 0. The Labute approximate surface area is 106 Å². The summed E-state index contributed by atoms with van der Waals surface area (Å²) in [5.74, 6) is 0.674. The molecule has 6 heteroatoms. The van der Waals surface area contributed by atoms with Crippen LogP contribution in [0.3, 0.4) is 0 Å². The average molecular weight is 253 g/mol. The standard InChI is InChI=1S/C12H19N3O3/c1-9-11(10(2)18-13-9)7-14-3-5-15(6-4-14)12(17)8-16/h16H,3-8H2,1-2H3. The highest BCUT2D eigenvalue weighted by molar-refractivity contribution is 5.77. The second-order valence-corrected chi connectivity index (χ2v) is 4.62. The molecule has 2 rings (SSSR count). The number of hydrogen-bond donors (Lipinski definition) is 1. The zero-order valence-corrected chi connectivity index (χ0v) is 10.8. The van der Waals surface area contributed by atoms with Gasteiger partial charge in [0.25, 0.3) is 0 Å². The molecule has 6 nitrogen and oxygen atoms in total. The Morgan fingerprint density at radius 3 is 2.50 bits per heavy atom. The van der Waals surface area contributed by atoms with Crippen LogP contribution in [0.2, 0.25) is 0 Å².